The molecule has 0 aliphatic carbocycles. The summed E-state index contributed by atoms with van der Waals surface area (Å²) in [5.41, 5.74) is 0. The normalized spacial score (nSPS) is 11.8. The van der Waals surface area contributed by atoms with Crippen molar-refractivity contribution in [1.82, 2.24) is 5.32 Å². The summed E-state index contributed by atoms with van der Waals surface area (Å²) in [6.07, 6.45) is 14.7. The molecule has 0 aliphatic rings. The van der Waals surface area contributed by atoms with Gasteiger partial charge in [0.1, 0.15) is 6.04 Å². The molecule has 5 heteroatoms. The lowest BCUT2D eigenvalue weighted by Gasteiger charge is -2.13. The zero-order valence-corrected chi connectivity index (χ0v) is 16.6. The largest absolute Gasteiger partial charge is 0.464 e. The summed E-state index contributed by atoms with van der Waals surface area (Å²) in [7, 11) is 0. The van der Waals surface area contributed by atoms with Crippen molar-refractivity contribution in [3.05, 3.63) is 0 Å². The number of amides is 1. The summed E-state index contributed by atoms with van der Waals surface area (Å²) < 4.78 is 9.89. The minimum atomic E-state index is -0.670. The third-order valence-electron chi connectivity index (χ3n) is 4.21. The average Bonchev–Trinajstić information content (AvgIpc) is 2.58. The fourth-order valence-electron chi connectivity index (χ4n) is 2.65. The van der Waals surface area contributed by atoms with Gasteiger partial charge in [-0.2, -0.15) is 0 Å². The maximum atomic E-state index is 11.7. The quantitative estimate of drug-likeness (QED) is 0.298. The molecule has 0 unspecified atom stereocenters. The number of rotatable bonds is 16. The molecule has 0 aliphatic heterocycles. The number of ether oxygens (including phenoxy) is 2. The Morgan fingerprint density at radius 2 is 1.24 bits per heavy atom. The molecule has 0 saturated heterocycles. The van der Waals surface area contributed by atoms with E-state index in [1.807, 2.05) is 0 Å². The molecule has 1 N–H and O–H groups in total. The summed E-state index contributed by atoms with van der Waals surface area (Å²) in [6.45, 7) is 6.27. The molecule has 0 radical (unpaired) electrons. The second-order valence-electron chi connectivity index (χ2n) is 6.64. The molecule has 25 heavy (non-hydrogen) atoms. The van der Waals surface area contributed by atoms with Crippen molar-refractivity contribution < 1.29 is 19.1 Å². The molecule has 0 bridgehead atoms. The first kappa shape index (κ1) is 23.7. The van der Waals surface area contributed by atoms with Crippen LogP contribution in [-0.2, 0) is 14.3 Å². The summed E-state index contributed by atoms with van der Waals surface area (Å²) in [6, 6.07) is -0.670. The monoisotopic (exact) mass is 357 g/mol. The molecule has 5 nitrogen and oxygen atoms in total. The van der Waals surface area contributed by atoms with Gasteiger partial charge in [0, 0.05) is 0 Å². The number of esters is 1. The molecule has 0 saturated carbocycles. The van der Waals surface area contributed by atoms with Gasteiger partial charge < -0.3 is 14.8 Å². The number of unbranched alkanes of at least 4 members (excludes halogenated alkanes) is 11. The van der Waals surface area contributed by atoms with Gasteiger partial charge in [-0.1, -0.05) is 77.6 Å². The van der Waals surface area contributed by atoms with E-state index >= 15 is 0 Å². The Balaban J connectivity index is 3.34. The van der Waals surface area contributed by atoms with Gasteiger partial charge in [0.15, 0.2) is 0 Å². The zero-order chi connectivity index (χ0) is 18.8. The Bertz CT molecular complexity index is 334. The predicted molar refractivity (Wildman–Crippen MR) is 102 cm³/mol. The number of carbonyl (C=O) groups is 2. The van der Waals surface area contributed by atoms with E-state index in [-0.39, 0.29) is 6.61 Å². The molecule has 0 aromatic heterocycles. The highest BCUT2D eigenvalue weighted by Crippen LogP contribution is 2.11. The fourth-order valence-corrected chi connectivity index (χ4v) is 2.65. The van der Waals surface area contributed by atoms with Gasteiger partial charge in [-0.05, 0) is 20.3 Å². The second-order valence-corrected chi connectivity index (χ2v) is 6.64. The van der Waals surface area contributed by atoms with Gasteiger partial charge in [-0.25, -0.2) is 9.59 Å². The number of alkyl carbamates (subject to hydrolysis) is 1. The van der Waals surface area contributed by atoms with E-state index in [4.69, 9.17) is 9.47 Å². The Morgan fingerprint density at radius 3 is 1.72 bits per heavy atom. The standard InChI is InChI=1S/C20H39NO4/c1-4-6-7-8-9-10-11-12-13-14-15-16-17-25-19(22)18(3)21-20(23)24-5-2/h18H,4-17H2,1-3H3,(H,21,23)/t18-/m0/s1. The van der Waals surface area contributed by atoms with Crippen molar-refractivity contribution in [3.63, 3.8) is 0 Å². The summed E-state index contributed by atoms with van der Waals surface area (Å²) >= 11 is 0. The Morgan fingerprint density at radius 1 is 0.760 bits per heavy atom. The Kier molecular flexibility index (Phi) is 16.7. The second kappa shape index (κ2) is 17.6. The number of carbonyl (C=O) groups excluding carboxylic acids is 2. The van der Waals surface area contributed by atoms with Gasteiger partial charge in [0.2, 0.25) is 0 Å². The topological polar surface area (TPSA) is 64.6 Å². The highest BCUT2D eigenvalue weighted by Gasteiger charge is 2.17. The van der Waals surface area contributed by atoms with Crippen molar-refractivity contribution in [1.29, 1.82) is 0 Å². The minimum Gasteiger partial charge on any atom is -0.464 e. The van der Waals surface area contributed by atoms with E-state index in [2.05, 4.69) is 12.2 Å². The molecular formula is C20H39NO4. The first-order valence-corrected chi connectivity index (χ1v) is 10.2. The number of nitrogens with one attached hydrogen (secondary N) is 1. The zero-order valence-electron chi connectivity index (χ0n) is 16.6. The number of hydrogen-bond acceptors (Lipinski definition) is 4. The van der Waals surface area contributed by atoms with Crippen molar-refractivity contribution in [2.24, 2.45) is 0 Å². The van der Waals surface area contributed by atoms with Crippen LogP contribution in [-0.4, -0.2) is 31.3 Å². The van der Waals surface area contributed by atoms with Crippen LogP contribution in [0.5, 0.6) is 0 Å². The third-order valence-corrected chi connectivity index (χ3v) is 4.21. The van der Waals surface area contributed by atoms with E-state index in [1.54, 1.807) is 13.8 Å². The first-order chi connectivity index (χ1) is 12.1. The van der Waals surface area contributed by atoms with Crippen LogP contribution in [0.3, 0.4) is 0 Å². The van der Waals surface area contributed by atoms with E-state index in [1.165, 1.54) is 64.2 Å². The minimum absolute atomic E-state index is 0.284. The smallest absolute Gasteiger partial charge is 0.407 e. The third kappa shape index (κ3) is 16.0. The maximum Gasteiger partial charge on any atom is 0.407 e. The summed E-state index contributed by atoms with van der Waals surface area (Å²) in [5.74, 6) is -0.406. The van der Waals surface area contributed by atoms with Crippen molar-refractivity contribution >= 4 is 12.1 Å². The van der Waals surface area contributed by atoms with E-state index in [0.29, 0.717) is 6.61 Å². The van der Waals surface area contributed by atoms with Gasteiger partial charge in [0.25, 0.3) is 0 Å². The molecule has 148 valence electrons. The fraction of sp³-hybridized carbons (Fsp3) is 0.900. The Hall–Kier alpha value is -1.26. The lowest BCUT2D eigenvalue weighted by atomic mass is 10.1. The van der Waals surface area contributed by atoms with Crippen LogP contribution in [0.4, 0.5) is 4.79 Å². The molecule has 1 atom stereocenters. The molecule has 0 heterocycles. The van der Waals surface area contributed by atoms with Crippen molar-refractivity contribution in [3.8, 4) is 0 Å². The van der Waals surface area contributed by atoms with Gasteiger partial charge in [-0.3, -0.25) is 0 Å². The molecule has 0 aromatic carbocycles. The van der Waals surface area contributed by atoms with Gasteiger partial charge >= 0.3 is 12.1 Å². The highest BCUT2D eigenvalue weighted by atomic mass is 16.6. The maximum absolute atomic E-state index is 11.7. The van der Waals surface area contributed by atoms with Crippen LogP contribution in [0.2, 0.25) is 0 Å². The summed E-state index contributed by atoms with van der Waals surface area (Å²) in [4.78, 5) is 22.9. The SMILES string of the molecule is CCCCCCCCCCCCCCOC(=O)[C@H](C)NC(=O)OCC. The molecule has 0 aromatic rings. The lowest BCUT2D eigenvalue weighted by Crippen LogP contribution is -2.39. The molecule has 0 fully saturated rings. The van der Waals surface area contributed by atoms with Crippen LogP contribution in [0.1, 0.15) is 97.8 Å². The van der Waals surface area contributed by atoms with Gasteiger partial charge in [0.05, 0.1) is 13.2 Å². The van der Waals surface area contributed by atoms with E-state index in [9.17, 15) is 9.59 Å². The molecular weight excluding hydrogens is 318 g/mol. The Labute approximate surface area is 154 Å². The van der Waals surface area contributed by atoms with Crippen molar-refractivity contribution in [2.45, 2.75) is 104 Å². The number of hydrogen-bond donors (Lipinski definition) is 1. The predicted octanol–water partition coefficient (Wildman–Crippen LogP) is 5.37. The lowest BCUT2D eigenvalue weighted by molar-refractivity contribution is -0.145. The van der Waals surface area contributed by atoms with Crippen LogP contribution < -0.4 is 5.32 Å². The van der Waals surface area contributed by atoms with Crippen LogP contribution in [0.15, 0.2) is 0 Å². The molecule has 0 rings (SSSR count). The molecule has 0 spiro atoms. The average molecular weight is 358 g/mol. The van der Waals surface area contributed by atoms with E-state index < -0.39 is 18.1 Å². The first-order valence-electron chi connectivity index (χ1n) is 10.2. The van der Waals surface area contributed by atoms with Crippen molar-refractivity contribution in [2.75, 3.05) is 13.2 Å². The van der Waals surface area contributed by atoms with Crippen LogP contribution >= 0.6 is 0 Å². The van der Waals surface area contributed by atoms with Crippen LogP contribution in [0, 0.1) is 0 Å². The van der Waals surface area contributed by atoms with E-state index in [0.717, 1.165) is 12.8 Å². The summed E-state index contributed by atoms with van der Waals surface area (Å²) in [5, 5.41) is 2.44. The highest BCUT2D eigenvalue weighted by molar-refractivity contribution is 5.80. The van der Waals surface area contributed by atoms with Gasteiger partial charge in [-0.15, -0.1) is 0 Å². The molecule has 1 amide bonds. The van der Waals surface area contributed by atoms with Crippen LogP contribution in [0.25, 0.3) is 0 Å².